The topological polar surface area (TPSA) is 85.2 Å². The van der Waals surface area contributed by atoms with E-state index in [1.807, 2.05) is 10.7 Å². The molecule has 3 rings (SSSR count). The van der Waals surface area contributed by atoms with E-state index in [1.54, 1.807) is 7.11 Å². The third kappa shape index (κ3) is 5.06. The van der Waals surface area contributed by atoms with Crippen molar-refractivity contribution in [2.45, 2.75) is 64.0 Å². The van der Waals surface area contributed by atoms with Crippen LogP contribution in [0.3, 0.4) is 0 Å². The quantitative estimate of drug-likeness (QED) is 0.689. The number of methoxy groups -OCH3 is 1. The Balaban J connectivity index is 1.40. The lowest BCUT2D eigenvalue weighted by Crippen LogP contribution is -2.36. The molecule has 1 aromatic heterocycles. The first kappa shape index (κ1) is 18.9. The molecule has 0 saturated heterocycles. The SMILES string of the molecule is COCCNC(=O)c1cc2n(n1)CC(NC(=O)CCC1CCCCC1)C2. The van der Waals surface area contributed by atoms with Crippen LogP contribution in [0.1, 0.15) is 61.1 Å². The number of aromatic nitrogens is 2. The van der Waals surface area contributed by atoms with Gasteiger partial charge in [-0.25, -0.2) is 0 Å². The van der Waals surface area contributed by atoms with E-state index >= 15 is 0 Å². The monoisotopic (exact) mass is 362 g/mol. The highest BCUT2D eigenvalue weighted by molar-refractivity contribution is 5.92. The van der Waals surface area contributed by atoms with Gasteiger partial charge in [-0.05, 0) is 18.4 Å². The molecule has 7 nitrogen and oxygen atoms in total. The van der Waals surface area contributed by atoms with E-state index in [4.69, 9.17) is 4.74 Å². The lowest BCUT2D eigenvalue weighted by molar-refractivity contribution is -0.122. The standard InChI is InChI=1S/C19H30N4O3/c1-26-10-9-20-19(25)17-12-16-11-15(13-23(16)22-17)21-18(24)8-7-14-5-3-2-4-6-14/h12,14-15H,2-11,13H2,1H3,(H,20,25)(H,21,24). The van der Waals surface area contributed by atoms with Crippen LogP contribution in [-0.4, -0.2) is 47.9 Å². The van der Waals surface area contributed by atoms with Crippen molar-refractivity contribution in [1.82, 2.24) is 20.4 Å². The molecule has 1 saturated carbocycles. The van der Waals surface area contributed by atoms with Gasteiger partial charge in [0.2, 0.25) is 5.91 Å². The number of amides is 2. The molecular formula is C19H30N4O3. The average Bonchev–Trinajstić information content (AvgIpc) is 3.19. The van der Waals surface area contributed by atoms with Crippen molar-refractivity contribution in [3.05, 3.63) is 17.5 Å². The Morgan fingerprint density at radius 2 is 2.12 bits per heavy atom. The second kappa shape index (κ2) is 9.16. The van der Waals surface area contributed by atoms with Gasteiger partial charge in [-0.1, -0.05) is 32.1 Å². The number of nitrogens with one attached hydrogen (secondary N) is 2. The molecule has 1 aromatic rings. The van der Waals surface area contributed by atoms with Gasteiger partial charge in [0.15, 0.2) is 0 Å². The third-order valence-corrected chi connectivity index (χ3v) is 5.41. The molecule has 2 N–H and O–H groups in total. The van der Waals surface area contributed by atoms with E-state index < -0.39 is 0 Å². The Labute approximate surface area is 154 Å². The van der Waals surface area contributed by atoms with E-state index in [0.29, 0.717) is 31.8 Å². The van der Waals surface area contributed by atoms with Gasteiger partial charge in [0, 0.05) is 32.2 Å². The number of rotatable bonds is 8. The van der Waals surface area contributed by atoms with Crippen LogP contribution in [0.4, 0.5) is 0 Å². The van der Waals surface area contributed by atoms with Crippen molar-refractivity contribution >= 4 is 11.8 Å². The predicted molar refractivity (Wildman–Crippen MR) is 97.9 cm³/mol. The second-order valence-corrected chi connectivity index (χ2v) is 7.46. The number of carbonyl (C=O) groups is 2. The molecule has 26 heavy (non-hydrogen) atoms. The highest BCUT2D eigenvalue weighted by atomic mass is 16.5. The van der Waals surface area contributed by atoms with E-state index in [9.17, 15) is 9.59 Å². The molecular weight excluding hydrogens is 332 g/mol. The number of hydrogen-bond acceptors (Lipinski definition) is 4. The number of fused-ring (bicyclic) bond motifs is 1. The van der Waals surface area contributed by atoms with E-state index in [1.165, 1.54) is 32.1 Å². The minimum absolute atomic E-state index is 0.0851. The molecule has 1 aliphatic heterocycles. The first-order valence-corrected chi connectivity index (χ1v) is 9.79. The second-order valence-electron chi connectivity index (χ2n) is 7.46. The Kier molecular flexibility index (Phi) is 6.66. The first-order chi connectivity index (χ1) is 12.7. The molecule has 2 heterocycles. The predicted octanol–water partition coefficient (Wildman–Crippen LogP) is 1.66. The number of nitrogens with zero attached hydrogens (tertiary/aromatic N) is 2. The molecule has 0 aromatic carbocycles. The highest BCUT2D eigenvalue weighted by Gasteiger charge is 2.26. The average molecular weight is 362 g/mol. The van der Waals surface area contributed by atoms with Crippen LogP contribution in [0.2, 0.25) is 0 Å². The summed E-state index contributed by atoms with van der Waals surface area (Å²) in [6.45, 7) is 1.58. The van der Waals surface area contributed by atoms with Crippen molar-refractivity contribution in [3.63, 3.8) is 0 Å². The molecule has 0 spiro atoms. The molecule has 0 radical (unpaired) electrons. The maximum atomic E-state index is 12.2. The van der Waals surface area contributed by atoms with E-state index in [-0.39, 0.29) is 17.9 Å². The first-order valence-electron chi connectivity index (χ1n) is 9.79. The lowest BCUT2D eigenvalue weighted by Gasteiger charge is -2.21. The summed E-state index contributed by atoms with van der Waals surface area (Å²) in [6.07, 6.45) is 8.90. The highest BCUT2D eigenvalue weighted by Crippen LogP contribution is 2.27. The molecule has 0 bridgehead atoms. The largest absolute Gasteiger partial charge is 0.383 e. The van der Waals surface area contributed by atoms with Crippen LogP contribution < -0.4 is 10.6 Å². The fraction of sp³-hybridized carbons (Fsp3) is 0.737. The van der Waals surface area contributed by atoms with Crippen LogP contribution in [0.25, 0.3) is 0 Å². The Hall–Kier alpha value is -1.89. The molecule has 1 aliphatic carbocycles. The summed E-state index contributed by atoms with van der Waals surface area (Å²) >= 11 is 0. The molecule has 1 atom stereocenters. The molecule has 7 heteroatoms. The fourth-order valence-corrected chi connectivity index (χ4v) is 3.98. The maximum absolute atomic E-state index is 12.2. The summed E-state index contributed by atoms with van der Waals surface area (Å²) in [5.41, 5.74) is 1.43. The van der Waals surface area contributed by atoms with Crippen molar-refractivity contribution in [1.29, 1.82) is 0 Å². The van der Waals surface area contributed by atoms with Gasteiger partial charge >= 0.3 is 0 Å². The summed E-state index contributed by atoms with van der Waals surface area (Å²) in [6, 6.07) is 1.90. The Morgan fingerprint density at radius 1 is 1.31 bits per heavy atom. The molecule has 1 fully saturated rings. The van der Waals surface area contributed by atoms with Gasteiger partial charge in [-0.15, -0.1) is 0 Å². The number of carbonyl (C=O) groups excluding carboxylic acids is 2. The van der Waals surface area contributed by atoms with Gasteiger partial charge in [-0.3, -0.25) is 14.3 Å². The maximum Gasteiger partial charge on any atom is 0.271 e. The van der Waals surface area contributed by atoms with E-state index in [2.05, 4.69) is 15.7 Å². The van der Waals surface area contributed by atoms with Gasteiger partial charge in [0.25, 0.3) is 5.91 Å². The van der Waals surface area contributed by atoms with Crippen LogP contribution in [0, 0.1) is 5.92 Å². The molecule has 1 unspecified atom stereocenters. The van der Waals surface area contributed by atoms with E-state index in [0.717, 1.165) is 24.5 Å². The molecule has 144 valence electrons. The van der Waals surface area contributed by atoms with Crippen molar-refractivity contribution in [2.75, 3.05) is 20.3 Å². The Bertz CT molecular complexity index is 599. The zero-order valence-electron chi connectivity index (χ0n) is 15.6. The van der Waals surface area contributed by atoms with Crippen LogP contribution in [-0.2, 0) is 22.5 Å². The normalized spacial score (nSPS) is 20.0. The summed E-state index contributed by atoms with van der Waals surface area (Å²) < 4.78 is 6.75. The summed E-state index contributed by atoms with van der Waals surface area (Å²) in [7, 11) is 1.60. The number of ether oxygens (including phenoxy) is 1. The lowest BCUT2D eigenvalue weighted by atomic mass is 9.86. The van der Waals surface area contributed by atoms with Crippen LogP contribution >= 0.6 is 0 Å². The summed E-state index contributed by atoms with van der Waals surface area (Å²) in [4.78, 5) is 24.2. The van der Waals surface area contributed by atoms with Gasteiger partial charge in [0.1, 0.15) is 5.69 Å². The van der Waals surface area contributed by atoms with Crippen LogP contribution in [0.15, 0.2) is 6.07 Å². The van der Waals surface area contributed by atoms with Crippen molar-refractivity contribution in [2.24, 2.45) is 5.92 Å². The zero-order chi connectivity index (χ0) is 18.4. The minimum atomic E-state index is -0.183. The van der Waals surface area contributed by atoms with Gasteiger partial charge < -0.3 is 15.4 Å². The fourth-order valence-electron chi connectivity index (χ4n) is 3.98. The smallest absolute Gasteiger partial charge is 0.271 e. The Morgan fingerprint density at radius 3 is 2.85 bits per heavy atom. The number of hydrogen-bond donors (Lipinski definition) is 2. The van der Waals surface area contributed by atoms with Crippen LogP contribution in [0.5, 0.6) is 0 Å². The molecule has 2 aliphatic rings. The minimum Gasteiger partial charge on any atom is -0.383 e. The van der Waals surface area contributed by atoms with Gasteiger partial charge in [0.05, 0.1) is 19.2 Å². The third-order valence-electron chi connectivity index (χ3n) is 5.41. The molecule has 2 amide bonds. The summed E-state index contributed by atoms with van der Waals surface area (Å²) in [5, 5.41) is 10.3. The van der Waals surface area contributed by atoms with Crippen molar-refractivity contribution < 1.29 is 14.3 Å². The van der Waals surface area contributed by atoms with Gasteiger partial charge in [-0.2, -0.15) is 5.10 Å². The summed E-state index contributed by atoms with van der Waals surface area (Å²) in [5.74, 6) is 0.688. The van der Waals surface area contributed by atoms with Crippen molar-refractivity contribution in [3.8, 4) is 0 Å². The zero-order valence-corrected chi connectivity index (χ0v) is 15.6.